The predicted molar refractivity (Wildman–Crippen MR) is 89.5 cm³/mol. The molecule has 0 aliphatic heterocycles. The molecule has 1 aromatic heterocycles. The summed E-state index contributed by atoms with van der Waals surface area (Å²) in [6.07, 6.45) is 8.43. The van der Waals surface area contributed by atoms with Crippen LogP contribution in [0.5, 0.6) is 0 Å². The van der Waals surface area contributed by atoms with E-state index in [1.807, 2.05) is 28.8 Å². The zero-order valence-corrected chi connectivity index (χ0v) is 14.7. The van der Waals surface area contributed by atoms with Gasteiger partial charge >= 0.3 is 0 Å². The second-order valence-electron chi connectivity index (χ2n) is 5.44. The van der Waals surface area contributed by atoms with Crippen LogP contribution in [0, 0.1) is 0 Å². The molecule has 21 heavy (non-hydrogen) atoms. The molecule has 0 spiro atoms. The summed E-state index contributed by atoms with van der Waals surface area (Å²) in [5.41, 5.74) is 0.688. The van der Waals surface area contributed by atoms with Crippen molar-refractivity contribution in [1.82, 2.24) is 9.47 Å². The molecule has 1 N–H and O–H groups in total. The number of aryl methyl sites for hydroxylation is 1. The first-order valence-corrected chi connectivity index (χ1v) is 8.61. The lowest BCUT2D eigenvalue weighted by Gasteiger charge is -2.22. The number of rotatable bonds is 10. The number of hydrogen-bond acceptors (Lipinski definition) is 2. The van der Waals surface area contributed by atoms with Crippen LogP contribution in [0.15, 0.2) is 16.7 Å². The third-order valence-electron chi connectivity index (χ3n) is 3.60. The van der Waals surface area contributed by atoms with Crippen molar-refractivity contribution in [1.29, 1.82) is 0 Å². The van der Waals surface area contributed by atoms with Gasteiger partial charge in [-0.25, -0.2) is 0 Å². The van der Waals surface area contributed by atoms with Crippen molar-refractivity contribution in [3.05, 3.63) is 22.4 Å². The van der Waals surface area contributed by atoms with E-state index < -0.39 is 0 Å². The zero-order valence-electron chi connectivity index (χ0n) is 13.1. The molecule has 5 heteroatoms. The molecule has 0 fully saturated rings. The van der Waals surface area contributed by atoms with Crippen molar-refractivity contribution in [3.63, 3.8) is 0 Å². The molecular weight excluding hydrogens is 332 g/mol. The summed E-state index contributed by atoms with van der Waals surface area (Å²) in [6, 6.07) is 1.85. The average Bonchev–Trinajstić information content (AvgIpc) is 2.80. The number of amides is 1. The monoisotopic (exact) mass is 358 g/mol. The Balaban J connectivity index is 2.59. The van der Waals surface area contributed by atoms with E-state index in [-0.39, 0.29) is 12.5 Å². The predicted octanol–water partition coefficient (Wildman–Crippen LogP) is 3.58. The van der Waals surface area contributed by atoms with Crippen LogP contribution in [0.25, 0.3) is 0 Å². The Morgan fingerprint density at radius 1 is 1.24 bits per heavy atom. The molecule has 0 atom stereocenters. The van der Waals surface area contributed by atoms with Crippen LogP contribution < -0.4 is 0 Å². The largest absolute Gasteiger partial charge is 0.396 e. The number of unbranched alkanes of at least 4 members (excludes halogenated alkanes) is 4. The Hall–Kier alpha value is -0.810. The Morgan fingerprint density at radius 3 is 2.48 bits per heavy atom. The molecule has 0 radical (unpaired) electrons. The van der Waals surface area contributed by atoms with Gasteiger partial charge in [0.1, 0.15) is 5.69 Å². The number of aromatic nitrogens is 1. The minimum atomic E-state index is 0.0483. The number of aliphatic hydroxyl groups is 1. The summed E-state index contributed by atoms with van der Waals surface area (Å²) in [4.78, 5) is 14.5. The summed E-state index contributed by atoms with van der Waals surface area (Å²) in [5.74, 6) is 0.0483. The Kier molecular flexibility index (Phi) is 8.69. The molecule has 1 rings (SSSR count). The third-order valence-corrected chi connectivity index (χ3v) is 4.03. The van der Waals surface area contributed by atoms with Crippen molar-refractivity contribution in [2.45, 2.75) is 45.4 Å². The molecule has 1 amide bonds. The van der Waals surface area contributed by atoms with Crippen LogP contribution in [0.2, 0.25) is 0 Å². The van der Waals surface area contributed by atoms with Gasteiger partial charge in [0.15, 0.2) is 0 Å². The minimum Gasteiger partial charge on any atom is -0.396 e. The third kappa shape index (κ3) is 6.22. The quantitative estimate of drug-likeness (QED) is 0.649. The second kappa shape index (κ2) is 10.0. The van der Waals surface area contributed by atoms with Crippen molar-refractivity contribution in [2.75, 3.05) is 19.7 Å². The number of nitrogens with zero attached hydrogens (tertiary/aromatic N) is 2. The molecule has 120 valence electrons. The SMILES string of the molecule is CCCCCCCN(CCCO)C(=O)c1cc(Br)cn1C. The maximum atomic E-state index is 12.6. The lowest BCUT2D eigenvalue weighted by Crippen LogP contribution is -2.34. The first-order chi connectivity index (χ1) is 10.1. The molecule has 0 aromatic carbocycles. The van der Waals surface area contributed by atoms with E-state index in [1.165, 1.54) is 19.3 Å². The number of halogens is 1. The van der Waals surface area contributed by atoms with Gasteiger partial charge in [-0.05, 0) is 34.8 Å². The molecule has 0 unspecified atom stereocenters. The number of carbonyl (C=O) groups is 1. The molecule has 0 aliphatic rings. The van der Waals surface area contributed by atoms with E-state index in [0.29, 0.717) is 18.7 Å². The molecule has 0 saturated heterocycles. The van der Waals surface area contributed by atoms with Crippen LogP contribution in [-0.2, 0) is 7.05 Å². The average molecular weight is 359 g/mol. The molecule has 4 nitrogen and oxygen atoms in total. The van der Waals surface area contributed by atoms with Gasteiger partial charge in [-0.2, -0.15) is 0 Å². The Morgan fingerprint density at radius 2 is 1.90 bits per heavy atom. The number of hydrogen-bond donors (Lipinski definition) is 1. The van der Waals surface area contributed by atoms with Gasteiger partial charge in [0.2, 0.25) is 0 Å². The summed E-state index contributed by atoms with van der Waals surface area (Å²) >= 11 is 3.40. The van der Waals surface area contributed by atoms with Gasteiger partial charge in [0.05, 0.1) is 0 Å². The van der Waals surface area contributed by atoms with Gasteiger partial charge in [0, 0.05) is 37.4 Å². The maximum absolute atomic E-state index is 12.6. The van der Waals surface area contributed by atoms with E-state index in [2.05, 4.69) is 22.9 Å². The van der Waals surface area contributed by atoms with Gasteiger partial charge < -0.3 is 14.6 Å². The molecular formula is C16H27BrN2O2. The van der Waals surface area contributed by atoms with E-state index >= 15 is 0 Å². The highest BCUT2D eigenvalue weighted by Gasteiger charge is 2.18. The lowest BCUT2D eigenvalue weighted by molar-refractivity contribution is 0.0732. The fraction of sp³-hybridized carbons (Fsp3) is 0.688. The van der Waals surface area contributed by atoms with Crippen LogP contribution in [0.3, 0.4) is 0 Å². The fourth-order valence-electron chi connectivity index (χ4n) is 2.38. The lowest BCUT2D eigenvalue weighted by atomic mass is 10.1. The zero-order chi connectivity index (χ0) is 15.7. The Bertz CT molecular complexity index is 432. The second-order valence-corrected chi connectivity index (χ2v) is 6.35. The fourth-order valence-corrected chi connectivity index (χ4v) is 2.91. The van der Waals surface area contributed by atoms with Crippen LogP contribution in [0.1, 0.15) is 55.9 Å². The van der Waals surface area contributed by atoms with E-state index in [1.54, 1.807) is 0 Å². The maximum Gasteiger partial charge on any atom is 0.270 e. The van der Waals surface area contributed by atoms with Gasteiger partial charge in [0.25, 0.3) is 5.91 Å². The van der Waals surface area contributed by atoms with Gasteiger partial charge in [-0.3, -0.25) is 4.79 Å². The van der Waals surface area contributed by atoms with Gasteiger partial charge in [-0.1, -0.05) is 32.6 Å². The standard InChI is InChI=1S/C16H27BrN2O2/c1-3-4-5-6-7-9-19(10-8-11-20)16(21)15-12-14(17)13-18(15)2/h12-13,20H,3-11H2,1-2H3. The van der Waals surface area contributed by atoms with E-state index in [0.717, 1.165) is 23.9 Å². The molecule has 0 saturated carbocycles. The van der Waals surface area contributed by atoms with Crippen molar-refractivity contribution in [3.8, 4) is 0 Å². The number of aliphatic hydroxyl groups excluding tert-OH is 1. The first kappa shape index (κ1) is 18.2. The van der Waals surface area contributed by atoms with Crippen LogP contribution in [0.4, 0.5) is 0 Å². The van der Waals surface area contributed by atoms with E-state index in [9.17, 15) is 4.79 Å². The smallest absolute Gasteiger partial charge is 0.270 e. The molecule has 1 aromatic rings. The highest BCUT2D eigenvalue weighted by molar-refractivity contribution is 9.10. The topological polar surface area (TPSA) is 45.5 Å². The summed E-state index contributed by atoms with van der Waals surface area (Å²) in [5, 5.41) is 9.02. The van der Waals surface area contributed by atoms with E-state index in [4.69, 9.17) is 5.11 Å². The first-order valence-electron chi connectivity index (χ1n) is 7.82. The summed E-state index contributed by atoms with van der Waals surface area (Å²) in [7, 11) is 1.88. The van der Waals surface area contributed by atoms with Crippen molar-refractivity contribution < 1.29 is 9.90 Å². The normalized spacial score (nSPS) is 10.9. The summed E-state index contributed by atoms with van der Waals surface area (Å²) in [6.45, 7) is 3.71. The Labute approximate surface area is 136 Å². The van der Waals surface area contributed by atoms with Gasteiger partial charge in [-0.15, -0.1) is 0 Å². The molecule has 1 heterocycles. The number of carbonyl (C=O) groups excluding carboxylic acids is 1. The van der Waals surface area contributed by atoms with Crippen molar-refractivity contribution >= 4 is 21.8 Å². The molecule has 0 bridgehead atoms. The summed E-state index contributed by atoms with van der Waals surface area (Å²) < 4.78 is 2.76. The highest BCUT2D eigenvalue weighted by Crippen LogP contribution is 2.16. The molecule has 0 aliphatic carbocycles. The highest BCUT2D eigenvalue weighted by atomic mass is 79.9. The minimum absolute atomic E-state index is 0.0483. The van der Waals surface area contributed by atoms with Crippen molar-refractivity contribution in [2.24, 2.45) is 7.05 Å². The van der Waals surface area contributed by atoms with Crippen LogP contribution in [-0.4, -0.2) is 40.2 Å². The van der Waals surface area contributed by atoms with Crippen LogP contribution >= 0.6 is 15.9 Å².